The third-order valence-electron chi connectivity index (χ3n) is 2.88. The van der Waals surface area contributed by atoms with Crippen LogP contribution in [0.4, 0.5) is 20.6 Å². The Hall–Kier alpha value is -2.89. The second kappa shape index (κ2) is 7.21. The Labute approximate surface area is 127 Å². The molecule has 0 saturated carbocycles. The van der Waals surface area contributed by atoms with E-state index < -0.39 is 0 Å². The van der Waals surface area contributed by atoms with Gasteiger partial charge in [0.25, 0.3) is 0 Å². The summed E-state index contributed by atoms with van der Waals surface area (Å²) < 4.78 is 12.8. The summed E-state index contributed by atoms with van der Waals surface area (Å²) >= 11 is 0. The molecule has 0 aliphatic rings. The molecule has 22 heavy (non-hydrogen) atoms. The van der Waals surface area contributed by atoms with Crippen LogP contribution in [-0.4, -0.2) is 30.4 Å². The maximum Gasteiger partial charge on any atom is 0.322 e. The fraction of sp³-hybridized carbons (Fsp3) is 0.125. The molecule has 2 rings (SSSR count). The van der Waals surface area contributed by atoms with Crippen LogP contribution in [0.1, 0.15) is 0 Å². The molecule has 0 atom stereocenters. The normalized spacial score (nSPS) is 9.91. The van der Waals surface area contributed by atoms with Gasteiger partial charge in [-0.05, 0) is 36.4 Å². The first-order valence-electron chi connectivity index (χ1n) is 6.67. The molecule has 2 aromatic carbocycles. The number of anilines is 2. The fourth-order valence-electron chi connectivity index (χ4n) is 1.76. The molecular formula is C16H16FN3O2. The lowest BCUT2D eigenvalue weighted by Crippen LogP contribution is -2.37. The van der Waals surface area contributed by atoms with Crippen LogP contribution in [-0.2, 0) is 4.79 Å². The quantitative estimate of drug-likeness (QED) is 0.912. The SMILES string of the molecule is CN(CC(=O)Nc1ccc(F)cc1)C(=O)Nc1ccccc1. The number of carbonyl (C=O) groups excluding carboxylic acids is 2. The number of hydrogen-bond acceptors (Lipinski definition) is 2. The number of amides is 3. The lowest BCUT2D eigenvalue weighted by Gasteiger charge is -2.17. The van der Waals surface area contributed by atoms with Gasteiger partial charge in [0, 0.05) is 18.4 Å². The average Bonchev–Trinajstić information content (AvgIpc) is 2.50. The number of benzene rings is 2. The number of nitrogens with one attached hydrogen (secondary N) is 2. The number of urea groups is 1. The van der Waals surface area contributed by atoms with Crippen LogP contribution in [0.15, 0.2) is 54.6 Å². The summed E-state index contributed by atoms with van der Waals surface area (Å²) in [6.45, 7) is -0.115. The van der Waals surface area contributed by atoms with Gasteiger partial charge in [-0.2, -0.15) is 0 Å². The van der Waals surface area contributed by atoms with Gasteiger partial charge in [0.15, 0.2) is 0 Å². The Morgan fingerprint density at radius 3 is 2.18 bits per heavy atom. The summed E-state index contributed by atoms with van der Waals surface area (Å²) in [5.41, 5.74) is 1.13. The summed E-state index contributed by atoms with van der Waals surface area (Å²) in [6.07, 6.45) is 0. The van der Waals surface area contributed by atoms with Gasteiger partial charge >= 0.3 is 6.03 Å². The minimum Gasteiger partial charge on any atom is -0.325 e. The van der Waals surface area contributed by atoms with E-state index >= 15 is 0 Å². The van der Waals surface area contributed by atoms with Crippen molar-refractivity contribution in [2.24, 2.45) is 0 Å². The Kier molecular flexibility index (Phi) is 5.08. The van der Waals surface area contributed by atoms with Crippen molar-refractivity contribution in [2.45, 2.75) is 0 Å². The zero-order valence-corrected chi connectivity index (χ0v) is 12.0. The minimum absolute atomic E-state index is 0.115. The van der Waals surface area contributed by atoms with Crippen LogP contribution in [0.5, 0.6) is 0 Å². The van der Waals surface area contributed by atoms with E-state index in [4.69, 9.17) is 0 Å². The van der Waals surface area contributed by atoms with E-state index in [9.17, 15) is 14.0 Å². The molecule has 0 heterocycles. The molecule has 2 aromatic rings. The van der Waals surface area contributed by atoms with Gasteiger partial charge in [-0.1, -0.05) is 18.2 Å². The largest absolute Gasteiger partial charge is 0.325 e. The molecule has 0 unspecified atom stereocenters. The molecule has 0 aliphatic heterocycles. The first-order valence-corrected chi connectivity index (χ1v) is 6.67. The summed E-state index contributed by atoms with van der Waals surface area (Å²) in [5, 5.41) is 5.27. The molecule has 0 aliphatic carbocycles. The van der Waals surface area contributed by atoms with E-state index in [-0.39, 0.29) is 24.3 Å². The second-order valence-corrected chi connectivity index (χ2v) is 4.71. The number of rotatable bonds is 4. The second-order valence-electron chi connectivity index (χ2n) is 4.71. The van der Waals surface area contributed by atoms with E-state index in [2.05, 4.69) is 10.6 Å². The van der Waals surface area contributed by atoms with Gasteiger partial charge in [0.2, 0.25) is 5.91 Å². The molecule has 0 bridgehead atoms. The molecule has 0 saturated heterocycles. The summed E-state index contributed by atoms with van der Waals surface area (Å²) in [6, 6.07) is 14.0. The summed E-state index contributed by atoms with van der Waals surface area (Å²) in [5.74, 6) is -0.741. The van der Waals surface area contributed by atoms with Crippen molar-refractivity contribution >= 4 is 23.3 Å². The van der Waals surface area contributed by atoms with Crippen molar-refractivity contribution in [3.8, 4) is 0 Å². The number of carbonyl (C=O) groups is 2. The van der Waals surface area contributed by atoms with Crippen molar-refractivity contribution < 1.29 is 14.0 Å². The van der Waals surface area contributed by atoms with E-state index in [0.29, 0.717) is 11.4 Å². The summed E-state index contributed by atoms with van der Waals surface area (Å²) in [7, 11) is 1.52. The molecule has 2 N–H and O–H groups in total. The van der Waals surface area contributed by atoms with E-state index in [0.717, 1.165) is 0 Å². The van der Waals surface area contributed by atoms with Crippen molar-refractivity contribution in [2.75, 3.05) is 24.2 Å². The van der Waals surface area contributed by atoms with Gasteiger partial charge in [-0.25, -0.2) is 9.18 Å². The van der Waals surface area contributed by atoms with Crippen LogP contribution in [0.3, 0.4) is 0 Å². The molecular weight excluding hydrogens is 285 g/mol. The zero-order chi connectivity index (χ0) is 15.9. The fourth-order valence-corrected chi connectivity index (χ4v) is 1.76. The minimum atomic E-state index is -0.388. The smallest absolute Gasteiger partial charge is 0.322 e. The molecule has 5 nitrogen and oxygen atoms in total. The van der Waals surface area contributed by atoms with E-state index in [1.165, 1.54) is 36.2 Å². The van der Waals surface area contributed by atoms with Gasteiger partial charge in [0.05, 0.1) is 0 Å². The Morgan fingerprint density at radius 1 is 0.955 bits per heavy atom. The third-order valence-corrected chi connectivity index (χ3v) is 2.88. The predicted molar refractivity (Wildman–Crippen MR) is 83.1 cm³/mol. The van der Waals surface area contributed by atoms with Crippen LogP contribution in [0.2, 0.25) is 0 Å². The Balaban J connectivity index is 1.85. The molecule has 114 valence electrons. The van der Waals surface area contributed by atoms with Crippen LogP contribution < -0.4 is 10.6 Å². The molecule has 3 amide bonds. The highest BCUT2D eigenvalue weighted by molar-refractivity contribution is 5.96. The lowest BCUT2D eigenvalue weighted by atomic mass is 10.3. The van der Waals surface area contributed by atoms with Crippen LogP contribution in [0, 0.1) is 5.82 Å². The maximum absolute atomic E-state index is 12.8. The number of likely N-dealkylation sites (N-methyl/N-ethyl adjacent to an activating group) is 1. The molecule has 0 fully saturated rings. The van der Waals surface area contributed by atoms with Crippen LogP contribution in [0.25, 0.3) is 0 Å². The lowest BCUT2D eigenvalue weighted by molar-refractivity contribution is -0.116. The maximum atomic E-state index is 12.8. The zero-order valence-electron chi connectivity index (χ0n) is 12.0. The van der Waals surface area contributed by atoms with Crippen molar-refractivity contribution in [1.29, 1.82) is 0 Å². The van der Waals surface area contributed by atoms with Crippen molar-refractivity contribution in [1.82, 2.24) is 4.90 Å². The molecule has 6 heteroatoms. The average molecular weight is 301 g/mol. The van der Waals surface area contributed by atoms with Gasteiger partial charge < -0.3 is 15.5 Å². The predicted octanol–water partition coefficient (Wildman–Crippen LogP) is 2.93. The van der Waals surface area contributed by atoms with Gasteiger partial charge in [-0.15, -0.1) is 0 Å². The van der Waals surface area contributed by atoms with Gasteiger partial charge in [-0.3, -0.25) is 4.79 Å². The van der Waals surface area contributed by atoms with Crippen molar-refractivity contribution in [3.63, 3.8) is 0 Å². The third kappa shape index (κ3) is 4.59. The molecule has 0 aromatic heterocycles. The number of hydrogen-bond donors (Lipinski definition) is 2. The molecule has 0 spiro atoms. The van der Waals surface area contributed by atoms with E-state index in [1.807, 2.05) is 6.07 Å². The highest BCUT2D eigenvalue weighted by atomic mass is 19.1. The van der Waals surface area contributed by atoms with E-state index in [1.54, 1.807) is 24.3 Å². The number of para-hydroxylation sites is 1. The standard InChI is InChI=1S/C16H16FN3O2/c1-20(16(22)19-13-5-3-2-4-6-13)11-15(21)18-14-9-7-12(17)8-10-14/h2-10H,11H2,1H3,(H,18,21)(H,19,22). The number of nitrogens with zero attached hydrogens (tertiary/aromatic N) is 1. The first kappa shape index (κ1) is 15.5. The highest BCUT2D eigenvalue weighted by Gasteiger charge is 2.13. The Bertz CT molecular complexity index is 644. The van der Waals surface area contributed by atoms with Gasteiger partial charge in [0.1, 0.15) is 12.4 Å². The summed E-state index contributed by atoms with van der Waals surface area (Å²) in [4.78, 5) is 25.0. The Morgan fingerprint density at radius 2 is 1.55 bits per heavy atom. The molecule has 0 radical (unpaired) electrons. The van der Waals surface area contributed by atoms with Crippen molar-refractivity contribution in [3.05, 3.63) is 60.4 Å². The number of halogens is 1. The highest BCUT2D eigenvalue weighted by Crippen LogP contribution is 2.09. The monoisotopic (exact) mass is 301 g/mol. The topological polar surface area (TPSA) is 61.4 Å². The first-order chi connectivity index (χ1) is 10.5. The van der Waals surface area contributed by atoms with Crippen LogP contribution >= 0.6 is 0 Å².